The van der Waals surface area contributed by atoms with Crippen molar-refractivity contribution in [1.29, 1.82) is 5.26 Å². The van der Waals surface area contributed by atoms with Gasteiger partial charge in [0.2, 0.25) is 5.95 Å². The second-order valence-electron chi connectivity index (χ2n) is 9.29. The number of aromatic nitrogens is 2. The van der Waals surface area contributed by atoms with Crippen molar-refractivity contribution in [3.63, 3.8) is 0 Å². The molecular formula is C25H31N5O2. The molecular weight excluding hydrogens is 402 g/mol. The number of nitrogens with one attached hydrogen (secondary N) is 2. The van der Waals surface area contributed by atoms with Gasteiger partial charge in [0.1, 0.15) is 23.2 Å². The van der Waals surface area contributed by atoms with Gasteiger partial charge in [-0.3, -0.25) is 0 Å². The Morgan fingerprint density at radius 3 is 2.91 bits per heavy atom. The lowest BCUT2D eigenvalue weighted by atomic mass is 9.73. The third-order valence-corrected chi connectivity index (χ3v) is 6.64. The molecule has 32 heavy (non-hydrogen) atoms. The molecule has 2 aliphatic rings. The van der Waals surface area contributed by atoms with E-state index in [4.69, 9.17) is 4.74 Å². The zero-order chi connectivity index (χ0) is 22.7. The number of anilines is 2. The molecule has 0 aliphatic heterocycles. The molecule has 1 heterocycles. The summed E-state index contributed by atoms with van der Waals surface area (Å²) in [6, 6.07) is 8.51. The molecule has 1 aromatic heterocycles. The van der Waals surface area contributed by atoms with Crippen LogP contribution in [-0.4, -0.2) is 40.9 Å². The molecule has 168 valence electrons. The van der Waals surface area contributed by atoms with Crippen molar-refractivity contribution in [2.75, 3.05) is 24.3 Å². The van der Waals surface area contributed by atoms with Gasteiger partial charge in [0.05, 0.1) is 19.4 Å². The minimum Gasteiger partial charge on any atom is -0.496 e. The van der Waals surface area contributed by atoms with Crippen LogP contribution in [0.2, 0.25) is 0 Å². The van der Waals surface area contributed by atoms with E-state index in [1.165, 1.54) is 16.7 Å². The largest absolute Gasteiger partial charge is 0.496 e. The van der Waals surface area contributed by atoms with E-state index in [1.807, 2.05) is 12.1 Å². The summed E-state index contributed by atoms with van der Waals surface area (Å²) in [6.45, 7) is 4.85. The van der Waals surface area contributed by atoms with Gasteiger partial charge >= 0.3 is 0 Å². The van der Waals surface area contributed by atoms with Gasteiger partial charge in [-0.05, 0) is 54.7 Å². The van der Waals surface area contributed by atoms with Gasteiger partial charge in [0.15, 0.2) is 0 Å². The summed E-state index contributed by atoms with van der Waals surface area (Å²) in [6.07, 6.45) is 7.67. The van der Waals surface area contributed by atoms with Gasteiger partial charge in [-0.1, -0.05) is 32.1 Å². The fraction of sp³-hybridized carbons (Fsp3) is 0.480. The first-order valence-electron chi connectivity index (χ1n) is 11.2. The average Bonchev–Trinajstić information content (AvgIpc) is 3.19. The lowest BCUT2D eigenvalue weighted by molar-refractivity contribution is 0.00926. The van der Waals surface area contributed by atoms with Gasteiger partial charge in [-0.25, -0.2) is 4.98 Å². The van der Waals surface area contributed by atoms with Gasteiger partial charge in [-0.15, -0.1) is 0 Å². The number of allylic oxidation sites excluding steroid dienone is 1. The smallest absolute Gasteiger partial charge is 0.224 e. The zero-order valence-corrected chi connectivity index (χ0v) is 19.0. The Balaban J connectivity index is 1.39. The molecule has 0 radical (unpaired) electrons. The Hall–Kier alpha value is -3.11. The number of nitriles is 1. The van der Waals surface area contributed by atoms with E-state index in [0.717, 1.165) is 37.9 Å². The first-order valence-corrected chi connectivity index (χ1v) is 11.2. The number of ether oxygens (including phenoxy) is 1. The van der Waals surface area contributed by atoms with E-state index in [2.05, 4.69) is 52.7 Å². The lowest BCUT2D eigenvalue weighted by Gasteiger charge is -2.40. The first kappa shape index (κ1) is 22.1. The van der Waals surface area contributed by atoms with Crippen LogP contribution in [0.3, 0.4) is 0 Å². The van der Waals surface area contributed by atoms with E-state index >= 15 is 0 Å². The Kier molecular flexibility index (Phi) is 6.33. The standard InChI is InChI=1S/C25H31N5O2/c1-25(2)13-18(8-10-22(25)31)29-23-17(14-26)15-28-24(30-23)27-12-11-16-7-9-20-19(16)5-4-6-21(20)32-3/h4-7,15,18,22,31H,8-13H2,1-3H3,(H2,27,28,29,30)/t18-,22+/m1/s1. The third-order valence-electron chi connectivity index (χ3n) is 6.64. The molecule has 2 atom stereocenters. The number of rotatable bonds is 7. The monoisotopic (exact) mass is 433 g/mol. The van der Waals surface area contributed by atoms with Gasteiger partial charge < -0.3 is 20.5 Å². The SMILES string of the molecule is COc1cccc2c1CC=C2CCNc1ncc(C#N)c(N[C@@H]2CC[C@H](O)C(C)(C)C2)n1. The van der Waals surface area contributed by atoms with Gasteiger partial charge in [0, 0.05) is 18.2 Å². The number of benzene rings is 1. The quantitative estimate of drug-likeness (QED) is 0.603. The fourth-order valence-electron chi connectivity index (χ4n) is 4.75. The van der Waals surface area contributed by atoms with E-state index in [0.29, 0.717) is 23.9 Å². The summed E-state index contributed by atoms with van der Waals surface area (Å²) in [4.78, 5) is 8.90. The summed E-state index contributed by atoms with van der Waals surface area (Å²) < 4.78 is 5.48. The Labute approximate surface area is 189 Å². The van der Waals surface area contributed by atoms with Crippen LogP contribution in [0.15, 0.2) is 30.5 Å². The van der Waals surface area contributed by atoms with Crippen LogP contribution < -0.4 is 15.4 Å². The third kappa shape index (κ3) is 4.56. The normalized spacial score (nSPS) is 21.3. The highest BCUT2D eigenvalue weighted by molar-refractivity contribution is 5.75. The predicted octanol–water partition coefficient (Wildman–Crippen LogP) is 4.15. The molecule has 7 nitrogen and oxygen atoms in total. The minimum absolute atomic E-state index is 0.162. The Morgan fingerprint density at radius 2 is 2.16 bits per heavy atom. The highest BCUT2D eigenvalue weighted by Crippen LogP contribution is 2.37. The molecule has 0 unspecified atom stereocenters. The number of hydrogen-bond donors (Lipinski definition) is 3. The maximum absolute atomic E-state index is 10.2. The van der Waals surface area contributed by atoms with Crippen LogP contribution in [0.1, 0.15) is 56.2 Å². The number of hydrogen-bond acceptors (Lipinski definition) is 7. The average molecular weight is 434 g/mol. The number of aliphatic hydroxyl groups is 1. The molecule has 4 rings (SSSR count). The molecule has 3 N–H and O–H groups in total. The summed E-state index contributed by atoms with van der Waals surface area (Å²) in [5.41, 5.74) is 4.05. The van der Waals surface area contributed by atoms with Crippen molar-refractivity contribution in [2.24, 2.45) is 5.41 Å². The van der Waals surface area contributed by atoms with Crippen LogP contribution >= 0.6 is 0 Å². The molecule has 2 aliphatic carbocycles. The predicted molar refractivity (Wildman–Crippen MR) is 126 cm³/mol. The molecule has 0 amide bonds. The van der Waals surface area contributed by atoms with Crippen LogP contribution in [0.25, 0.3) is 5.57 Å². The summed E-state index contributed by atoms with van der Waals surface area (Å²) >= 11 is 0. The lowest BCUT2D eigenvalue weighted by Crippen LogP contribution is -2.41. The molecule has 2 aromatic rings. The van der Waals surface area contributed by atoms with Crippen molar-refractivity contribution >= 4 is 17.3 Å². The van der Waals surface area contributed by atoms with Gasteiger partial charge in [0.25, 0.3) is 0 Å². The summed E-state index contributed by atoms with van der Waals surface area (Å²) in [7, 11) is 1.71. The van der Waals surface area contributed by atoms with E-state index < -0.39 is 0 Å². The highest BCUT2D eigenvalue weighted by Gasteiger charge is 2.36. The topological polar surface area (TPSA) is 103 Å². The second kappa shape index (κ2) is 9.17. The van der Waals surface area contributed by atoms with Gasteiger partial charge in [-0.2, -0.15) is 10.2 Å². The maximum atomic E-state index is 10.2. The zero-order valence-electron chi connectivity index (χ0n) is 19.0. The maximum Gasteiger partial charge on any atom is 0.224 e. The first-order chi connectivity index (χ1) is 15.4. The minimum atomic E-state index is -0.298. The van der Waals surface area contributed by atoms with Crippen LogP contribution in [0.5, 0.6) is 5.75 Å². The van der Waals surface area contributed by atoms with E-state index in [9.17, 15) is 10.4 Å². The van der Waals surface area contributed by atoms with Crippen molar-refractivity contribution in [3.8, 4) is 11.8 Å². The molecule has 0 bridgehead atoms. The molecule has 0 saturated heterocycles. The summed E-state index contributed by atoms with van der Waals surface area (Å²) in [5, 5.41) is 26.4. The molecule has 1 fully saturated rings. The number of nitrogens with zero attached hydrogens (tertiary/aromatic N) is 3. The molecule has 1 saturated carbocycles. The second-order valence-corrected chi connectivity index (χ2v) is 9.29. The van der Waals surface area contributed by atoms with Crippen molar-refractivity contribution in [1.82, 2.24) is 9.97 Å². The van der Waals surface area contributed by atoms with Crippen LogP contribution in [0.4, 0.5) is 11.8 Å². The highest BCUT2D eigenvalue weighted by atomic mass is 16.5. The molecule has 7 heteroatoms. The molecule has 0 spiro atoms. The van der Waals surface area contributed by atoms with Crippen molar-refractivity contribution in [3.05, 3.63) is 47.2 Å². The Morgan fingerprint density at radius 1 is 1.31 bits per heavy atom. The van der Waals surface area contributed by atoms with Crippen LogP contribution in [-0.2, 0) is 6.42 Å². The number of methoxy groups -OCH3 is 1. The molecule has 1 aromatic carbocycles. The summed E-state index contributed by atoms with van der Waals surface area (Å²) in [5.74, 6) is 2.00. The van der Waals surface area contributed by atoms with E-state index in [1.54, 1.807) is 13.3 Å². The van der Waals surface area contributed by atoms with E-state index in [-0.39, 0.29) is 17.6 Å². The number of aliphatic hydroxyl groups excluding tert-OH is 1. The van der Waals surface area contributed by atoms with Crippen molar-refractivity contribution in [2.45, 2.75) is 58.1 Å². The van der Waals surface area contributed by atoms with Crippen molar-refractivity contribution < 1.29 is 9.84 Å². The number of fused-ring (bicyclic) bond motifs is 1. The van der Waals surface area contributed by atoms with Crippen LogP contribution in [0, 0.1) is 16.7 Å². The Bertz CT molecular complexity index is 1060. The fourth-order valence-corrected chi connectivity index (χ4v) is 4.75.